The first-order chi connectivity index (χ1) is 25.3. The van der Waals surface area contributed by atoms with E-state index < -0.39 is 0 Å². The average molecular weight is 651 g/mol. The lowest BCUT2D eigenvalue weighted by Gasteiger charge is -2.27. The van der Waals surface area contributed by atoms with Crippen LogP contribution >= 0.6 is 0 Å². The van der Waals surface area contributed by atoms with Gasteiger partial charge in [-0.15, -0.1) is 0 Å². The second-order valence-corrected chi connectivity index (χ2v) is 13.4. The highest BCUT2D eigenvalue weighted by atomic mass is 15.0. The third-order valence-electron chi connectivity index (χ3n) is 10.6. The second-order valence-electron chi connectivity index (χ2n) is 13.4. The molecule has 240 valence electrons. The Labute approximate surface area is 297 Å². The Balaban J connectivity index is 1.19. The van der Waals surface area contributed by atoms with Crippen LogP contribution in [0, 0.1) is 0 Å². The van der Waals surface area contributed by atoms with Gasteiger partial charge in [0.15, 0.2) is 0 Å². The van der Waals surface area contributed by atoms with Crippen LogP contribution in [0.2, 0.25) is 0 Å². The predicted octanol–water partition coefficient (Wildman–Crippen LogP) is 12.8. The van der Waals surface area contributed by atoms with Gasteiger partial charge >= 0.3 is 0 Å². The Kier molecular flexibility index (Phi) is 6.99. The average Bonchev–Trinajstić information content (AvgIpc) is 3.54. The van der Waals surface area contributed by atoms with E-state index >= 15 is 0 Å². The molecule has 7 aromatic carbocycles. The van der Waals surface area contributed by atoms with E-state index in [4.69, 9.17) is 0 Å². The van der Waals surface area contributed by atoms with Crippen LogP contribution in [-0.4, -0.2) is 9.55 Å². The molecule has 0 spiro atoms. The standard InChI is InChI=1S/C49H34N2/c1-4-14-33(15-5-1)48-40-22-12-13-23-41(40)49(34-16-6-2-7-17-34)44-31-35(24-26-42(44)48)38-20-10-11-21-39(38)36-25-27-46-43(30-36)45-32-50-29-28-47(45)51(46)37-18-8-3-9-19-37/h1-23,25,27-32H,24,26H2. The number of hydrogen-bond acceptors (Lipinski definition) is 1. The van der Waals surface area contributed by atoms with Gasteiger partial charge in [-0.1, -0.05) is 140 Å². The molecule has 0 fully saturated rings. The fourth-order valence-electron chi connectivity index (χ4n) is 8.40. The summed E-state index contributed by atoms with van der Waals surface area (Å²) in [6, 6.07) is 59.5. The van der Waals surface area contributed by atoms with E-state index in [1.165, 1.54) is 77.3 Å². The minimum absolute atomic E-state index is 0.968. The van der Waals surface area contributed by atoms with Gasteiger partial charge in [-0.25, -0.2) is 0 Å². The Bertz CT molecular complexity index is 2770. The summed E-state index contributed by atoms with van der Waals surface area (Å²) in [6.45, 7) is 0. The van der Waals surface area contributed by atoms with Crippen LogP contribution < -0.4 is 0 Å². The van der Waals surface area contributed by atoms with Crippen molar-refractivity contribution in [2.45, 2.75) is 12.8 Å². The van der Waals surface area contributed by atoms with Crippen molar-refractivity contribution in [2.75, 3.05) is 0 Å². The molecule has 2 aromatic heterocycles. The number of rotatable bonds is 5. The number of para-hydroxylation sites is 1. The molecule has 10 rings (SSSR count). The topological polar surface area (TPSA) is 17.8 Å². The maximum atomic E-state index is 4.55. The molecule has 0 bridgehead atoms. The van der Waals surface area contributed by atoms with Crippen molar-refractivity contribution in [3.8, 4) is 39.1 Å². The van der Waals surface area contributed by atoms with E-state index in [1.807, 2.05) is 12.4 Å². The quantitative estimate of drug-likeness (QED) is 0.181. The molecule has 2 heterocycles. The molecule has 0 N–H and O–H groups in total. The van der Waals surface area contributed by atoms with E-state index in [0.717, 1.165) is 29.4 Å². The lowest BCUT2D eigenvalue weighted by Crippen LogP contribution is -2.06. The molecular weight excluding hydrogens is 617 g/mol. The first-order valence-corrected chi connectivity index (χ1v) is 17.8. The van der Waals surface area contributed by atoms with Crippen LogP contribution in [0.5, 0.6) is 0 Å². The molecule has 0 unspecified atom stereocenters. The first kappa shape index (κ1) is 29.4. The monoisotopic (exact) mass is 650 g/mol. The zero-order valence-electron chi connectivity index (χ0n) is 28.1. The Hall–Kier alpha value is -6.51. The summed E-state index contributed by atoms with van der Waals surface area (Å²) in [4.78, 5) is 4.55. The number of aromatic nitrogens is 2. The third-order valence-corrected chi connectivity index (χ3v) is 10.6. The highest BCUT2D eigenvalue weighted by Gasteiger charge is 2.25. The fraction of sp³-hybridized carbons (Fsp3) is 0.0408. The summed E-state index contributed by atoms with van der Waals surface area (Å²) >= 11 is 0. The van der Waals surface area contributed by atoms with Gasteiger partial charge < -0.3 is 4.57 Å². The van der Waals surface area contributed by atoms with E-state index in [9.17, 15) is 0 Å². The van der Waals surface area contributed by atoms with Gasteiger partial charge in [0.1, 0.15) is 0 Å². The van der Waals surface area contributed by atoms with Crippen molar-refractivity contribution in [2.24, 2.45) is 0 Å². The van der Waals surface area contributed by atoms with Crippen molar-refractivity contribution in [3.05, 3.63) is 193 Å². The molecule has 51 heavy (non-hydrogen) atoms. The number of nitrogens with zero attached hydrogens (tertiary/aromatic N) is 2. The summed E-state index contributed by atoms with van der Waals surface area (Å²) in [7, 11) is 0. The maximum Gasteiger partial charge on any atom is 0.0571 e. The first-order valence-electron chi connectivity index (χ1n) is 17.8. The summed E-state index contributed by atoms with van der Waals surface area (Å²) < 4.78 is 2.35. The van der Waals surface area contributed by atoms with E-state index in [1.54, 1.807) is 0 Å². The smallest absolute Gasteiger partial charge is 0.0571 e. The summed E-state index contributed by atoms with van der Waals surface area (Å²) in [6.07, 6.45) is 8.34. The van der Waals surface area contributed by atoms with Gasteiger partial charge in [0.2, 0.25) is 0 Å². The van der Waals surface area contributed by atoms with Gasteiger partial charge in [0.25, 0.3) is 0 Å². The zero-order valence-corrected chi connectivity index (χ0v) is 28.1. The number of pyridine rings is 1. The second kappa shape index (κ2) is 12.1. The minimum Gasteiger partial charge on any atom is -0.309 e. The predicted molar refractivity (Wildman–Crippen MR) is 215 cm³/mol. The molecule has 2 nitrogen and oxygen atoms in total. The molecule has 1 aliphatic carbocycles. The van der Waals surface area contributed by atoms with Crippen molar-refractivity contribution in [1.82, 2.24) is 9.55 Å². The highest BCUT2D eigenvalue weighted by Crippen LogP contribution is 2.47. The van der Waals surface area contributed by atoms with Crippen LogP contribution in [0.1, 0.15) is 23.1 Å². The third kappa shape index (κ3) is 4.83. The maximum absolute atomic E-state index is 4.55. The van der Waals surface area contributed by atoms with Crippen molar-refractivity contribution in [1.29, 1.82) is 0 Å². The summed E-state index contributed by atoms with van der Waals surface area (Å²) in [5.41, 5.74) is 16.6. The number of hydrogen-bond donors (Lipinski definition) is 0. The lowest BCUT2D eigenvalue weighted by atomic mass is 9.77. The van der Waals surface area contributed by atoms with Gasteiger partial charge in [-0.05, 0) is 110 Å². The summed E-state index contributed by atoms with van der Waals surface area (Å²) in [5.74, 6) is 0. The largest absolute Gasteiger partial charge is 0.309 e. The Morgan fingerprint density at radius 2 is 1.06 bits per heavy atom. The number of fused-ring (bicyclic) bond motifs is 5. The van der Waals surface area contributed by atoms with Crippen LogP contribution in [0.4, 0.5) is 0 Å². The Morgan fingerprint density at radius 3 is 1.80 bits per heavy atom. The number of benzene rings is 7. The molecule has 0 saturated heterocycles. The van der Waals surface area contributed by atoms with Crippen LogP contribution in [-0.2, 0) is 6.42 Å². The van der Waals surface area contributed by atoms with Gasteiger partial charge in [-0.3, -0.25) is 4.98 Å². The molecule has 1 aliphatic rings. The van der Waals surface area contributed by atoms with Crippen molar-refractivity contribution in [3.63, 3.8) is 0 Å². The molecule has 0 atom stereocenters. The molecule has 0 amide bonds. The summed E-state index contributed by atoms with van der Waals surface area (Å²) in [5, 5.41) is 4.98. The molecule has 0 saturated carbocycles. The molecule has 0 radical (unpaired) electrons. The molecule has 2 heteroatoms. The normalized spacial score (nSPS) is 12.7. The molecular formula is C49H34N2. The fourth-order valence-corrected chi connectivity index (χ4v) is 8.40. The number of allylic oxidation sites excluding steroid dienone is 1. The highest BCUT2D eigenvalue weighted by molar-refractivity contribution is 6.13. The Morgan fingerprint density at radius 1 is 0.451 bits per heavy atom. The van der Waals surface area contributed by atoms with Gasteiger partial charge in [0.05, 0.1) is 11.0 Å². The van der Waals surface area contributed by atoms with Crippen LogP contribution in [0.15, 0.2) is 176 Å². The van der Waals surface area contributed by atoms with Gasteiger partial charge in [0, 0.05) is 28.9 Å². The van der Waals surface area contributed by atoms with Crippen LogP contribution in [0.3, 0.4) is 0 Å². The van der Waals surface area contributed by atoms with E-state index in [2.05, 4.69) is 179 Å². The lowest BCUT2D eigenvalue weighted by molar-refractivity contribution is 1.01. The SMILES string of the molecule is C1=C(c2ccccc2-c2ccc3c(c2)c2cnccc2n3-c2ccccc2)CCc2c1c(-c1ccccc1)c1ccccc1c2-c1ccccc1. The van der Waals surface area contributed by atoms with Crippen LogP contribution in [0.25, 0.3) is 83.3 Å². The van der Waals surface area contributed by atoms with Crippen molar-refractivity contribution >= 4 is 44.2 Å². The molecule has 9 aromatic rings. The van der Waals surface area contributed by atoms with Gasteiger partial charge in [-0.2, -0.15) is 0 Å². The minimum atomic E-state index is 0.968. The van der Waals surface area contributed by atoms with E-state index in [-0.39, 0.29) is 0 Å². The van der Waals surface area contributed by atoms with E-state index in [0.29, 0.717) is 0 Å². The van der Waals surface area contributed by atoms with Crippen molar-refractivity contribution < 1.29 is 0 Å². The zero-order chi connectivity index (χ0) is 33.7. The molecule has 0 aliphatic heterocycles.